The second-order valence-electron chi connectivity index (χ2n) is 7.34. The zero-order valence-electron chi connectivity index (χ0n) is 16.8. The number of carbonyl (C=O) groups is 1. The number of aryl methyl sites for hydroxylation is 2. The van der Waals surface area contributed by atoms with Crippen LogP contribution in [-0.4, -0.2) is 56.3 Å². The van der Waals surface area contributed by atoms with Crippen LogP contribution in [0.15, 0.2) is 17.1 Å². The third kappa shape index (κ3) is 4.53. The Labute approximate surface area is 169 Å². The van der Waals surface area contributed by atoms with Crippen LogP contribution in [0.1, 0.15) is 24.0 Å². The van der Waals surface area contributed by atoms with Crippen molar-refractivity contribution in [1.29, 1.82) is 0 Å². The maximum absolute atomic E-state index is 12.9. The van der Waals surface area contributed by atoms with Crippen LogP contribution in [0.2, 0.25) is 0 Å². The smallest absolute Gasteiger partial charge is 0.252 e. The fourth-order valence-electron chi connectivity index (χ4n) is 3.44. The zero-order chi connectivity index (χ0) is 20.5. The lowest BCUT2D eigenvalue weighted by molar-refractivity contribution is -0.122. The molecule has 1 aromatic heterocycles. The molecule has 1 amide bonds. The van der Waals surface area contributed by atoms with Crippen molar-refractivity contribution < 1.29 is 17.9 Å². The number of methoxy groups -OCH3 is 1. The van der Waals surface area contributed by atoms with Gasteiger partial charge in [0.05, 0.1) is 29.0 Å². The van der Waals surface area contributed by atoms with Crippen LogP contribution < -0.4 is 4.80 Å². The molecule has 0 N–H and O–H groups in total. The van der Waals surface area contributed by atoms with E-state index in [1.54, 1.807) is 7.11 Å². The minimum absolute atomic E-state index is 0.211. The second kappa shape index (κ2) is 8.44. The first-order chi connectivity index (χ1) is 13.2. The summed E-state index contributed by atoms with van der Waals surface area (Å²) in [5, 5.41) is 0. The van der Waals surface area contributed by atoms with Crippen molar-refractivity contribution >= 4 is 37.5 Å². The summed E-state index contributed by atoms with van der Waals surface area (Å²) in [6, 6.07) is 4.24. The first-order valence-electron chi connectivity index (χ1n) is 9.34. The predicted octanol–water partition coefficient (Wildman–Crippen LogP) is 2.06. The molecule has 1 aliphatic rings. The van der Waals surface area contributed by atoms with E-state index in [2.05, 4.69) is 31.0 Å². The molecule has 1 atom stereocenters. The van der Waals surface area contributed by atoms with Gasteiger partial charge in [-0.1, -0.05) is 11.3 Å². The van der Waals surface area contributed by atoms with Crippen LogP contribution in [0.25, 0.3) is 10.2 Å². The number of amides is 1. The molecule has 1 fully saturated rings. The number of carbonyl (C=O) groups excluding carboxylic acids is 1. The van der Waals surface area contributed by atoms with Crippen molar-refractivity contribution in [3.05, 3.63) is 28.1 Å². The normalized spacial score (nSPS) is 19.4. The van der Waals surface area contributed by atoms with Crippen LogP contribution in [0, 0.1) is 19.8 Å². The van der Waals surface area contributed by atoms with E-state index < -0.39 is 15.9 Å². The summed E-state index contributed by atoms with van der Waals surface area (Å²) in [5.74, 6) is -0.646. The topological polar surface area (TPSA) is 81.0 Å². The predicted molar refractivity (Wildman–Crippen MR) is 111 cm³/mol. The first kappa shape index (κ1) is 21.2. The number of benzene rings is 1. The highest BCUT2D eigenvalue weighted by molar-refractivity contribution is 7.88. The molecule has 1 saturated heterocycles. The second-order valence-corrected chi connectivity index (χ2v) is 10.3. The largest absolute Gasteiger partial charge is 0.383 e. The number of hydrogen-bond donors (Lipinski definition) is 0. The number of aromatic nitrogens is 1. The minimum Gasteiger partial charge on any atom is -0.383 e. The monoisotopic (exact) mass is 425 g/mol. The molecule has 1 unspecified atom stereocenters. The van der Waals surface area contributed by atoms with Crippen LogP contribution >= 0.6 is 11.3 Å². The molecule has 2 heterocycles. The number of rotatable bonds is 5. The van der Waals surface area contributed by atoms with Gasteiger partial charge in [0.2, 0.25) is 10.0 Å². The SMILES string of the molecule is COCCn1c(=NC(=O)C2CCCN(S(C)(=O)=O)C2)sc2cc(C)c(C)cc21. The maximum atomic E-state index is 12.9. The molecule has 7 nitrogen and oxygen atoms in total. The Bertz CT molecular complexity index is 1050. The molecular formula is C19H27N3O4S2. The molecule has 0 bridgehead atoms. The molecule has 3 rings (SSSR count). The van der Waals surface area contributed by atoms with Crippen molar-refractivity contribution in [3.63, 3.8) is 0 Å². The van der Waals surface area contributed by atoms with E-state index in [-0.39, 0.29) is 12.5 Å². The zero-order valence-corrected chi connectivity index (χ0v) is 18.4. The van der Waals surface area contributed by atoms with Gasteiger partial charge in [0.15, 0.2) is 4.80 Å². The van der Waals surface area contributed by atoms with Gasteiger partial charge in [-0.2, -0.15) is 4.99 Å². The van der Waals surface area contributed by atoms with E-state index >= 15 is 0 Å². The maximum Gasteiger partial charge on any atom is 0.252 e. The Kier molecular flexibility index (Phi) is 6.38. The van der Waals surface area contributed by atoms with Crippen molar-refractivity contribution in [2.45, 2.75) is 33.2 Å². The van der Waals surface area contributed by atoms with Gasteiger partial charge in [-0.15, -0.1) is 0 Å². The Hall–Kier alpha value is -1.55. The van der Waals surface area contributed by atoms with Gasteiger partial charge in [-0.25, -0.2) is 12.7 Å². The third-order valence-corrected chi connectivity index (χ3v) is 7.54. The van der Waals surface area contributed by atoms with Gasteiger partial charge in [-0.05, 0) is 49.9 Å². The first-order valence-corrected chi connectivity index (χ1v) is 12.0. The third-order valence-electron chi connectivity index (χ3n) is 5.23. The lowest BCUT2D eigenvalue weighted by atomic mass is 9.99. The summed E-state index contributed by atoms with van der Waals surface area (Å²) in [6.45, 7) is 5.94. The van der Waals surface area contributed by atoms with Crippen LogP contribution in [0.3, 0.4) is 0 Å². The van der Waals surface area contributed by atoms with E-state index in [0.29, 0.717) is 37.3 Å². The van der Waals surface area contributed by atoms with Gasteiger partial charge in [0.1, 0.15) is 0 Å². The van der Waals surface area contributed by atoms with Crippen molar-refractivity contribution in [1.82, 2.24) is 8.87 Å². The summed E-state index contributed by atoms with van der Waals surface area (Å²) in [5.41, 5.74) is 3.42. The van der Waals surface area contributed by atoms with Crippen LogP contribution in [0.5, 0.6) is 0 Å². The molecule has 0 saturated carbocycles. The number of sulfonamides is 1. The van der Waals surface area contributed by atoms with Gasteiger partial charge < -0.3 is 9.30 Å². The molecule has 9 heteroatoms. The quantitative estimate of drug-likeness (QED) is 0.734. The summed E-state index contributed by atoms with van der Waals surface area (Å²) in [7, 11) is -1.65. The molecular weight excluding hydrogens is 398 g/mol. The Morgan fingerprint density at radius 3 is 2.71 bits per heavy atom. The minimum atomic E-state index is -3.30. The molecule has 1 aromatic carbocycles. The lowest BCUT2D eigenvalue weighted by Gasteiger charge is -2.28. The highest BCUT2D eigenvalue weighted by atomic mass is 32.2. The summed E-state index contributed by atoms with van der Waals surface area (Å²) in [6.07, 6.45) is 2.52. The molecule has 0 spiro atoms. The van der Waals surface area contributed by atoms with E-state index in [0.717, 1.165) is 10.2 Å². The number of fused-ring (bicyclic) bond motifs is 1. The van der Waals surface area contributed by atoms with Crippen molar-refractivity contribution in [3.8, 4) is 0 Å². The average molecular weight is 426 g/mol. The summed E-state index contributed by atoms with van der Waals surface area (Å²) >= 11 is 1.48. The van der Waals surface area contributed by atoms with E-state index in [1.165, 1.54) is 33.0 Å². The molecule has 28 heavy (non-hydrogen) atoms. The Balaban J connectivity index is 1.99. The van der Waals surface area contributed by atoms with Gasteiger partial charge in [0, 0.05) is 26.7 Å². The van der Waals surface area contributed by atoms with Crippen LogP contribution in [-0.2, 0) is 26.1 Å². The average Bonchev–Trinajstić information content (AvgIpc) is 2.95. The molecule has 0 aliphatic carbocycles. The Morgan fingerprint density at radius 1 is 1.32 bits per heavy atom. The van der Waals surface area contributed by atoms with Crippen molar-refractivity contribution in [2.75, 3.05) is 33.1 Å². The van der Waals surface area contributed by atoms with Gasteiger partial charge in [-0.3, -0.25) is 4.79 Å². The number of hydrogen-bond acceptors (Lipinski definition) is 5. The highest BCUT2D eigenvalue weighted by Crippen LogP contribution is 2.23. The highest BCUT2D eigenvalue weighted by Gasteiger charge is 2.30. The fraction of sp³-hybridized carbons (Fsp3) is 0.579. The van der Waals surface area contributed by atoms with Gasteiger partial charge in [0.25, 0.3) is 5.91 Å². The van der Waals surface area contributed by atoms with Crippen LogP contribution in [0.4, 0.5) is 0 Å². The molecule has 0 radical (unpaired) electrons. The molecule has 1 aliphatic heterocycles. The number of piperidine rings is 1. The standard InChI is InChI=1S/C19H27N3O4S2/c1-13-10-16-17(11-14(13)2)27-19(22(16)8-9-26-3)20-18(23)15-6-5-7-21(12-15)28(4,24)25/h10-11,15H,5-9,12H2,1-4H3. The number of nitrogens with zero attached hydrogens (tertiary/aromatic N) is 3. The molecule has 2 aromatic rings. The molecule has 154 valence electrons. The lowest BCUT2D eigenvalue weighted by Crippen LogP contribution is -2.41. The van der Waals surface area contributed by atoms with E-state index in [1.807, 2.05) is 4.57 Å². The number of thiazole rings is 1. The van der Waals surface area contributed by atoms with E-state index in [9.17, 15) is 13.2 Å². The summed E-state index contributed by atoms with van der Waals surface area (Å²) < 4.78 is 33.4. The summed E-state index contributed by atoms with van der Waals surface area (Å²) in [4.78, 5) is 17.9. The van der Waals surface area contributed by atoms with Gasteiger partial charge >= 0.3 is 0 Å². The Morgan fingerprint density at radius 2 is 2.04 bits per heavy atom. The van der Waals surface area contributed by atoms with E-state index in [4.69, 9.17) is 4.74 Å². The van der Waals surface area contributed by atoms with Crippen molar-refractivity contribution in [2.24, 2.45) is 10.9 Å². The fourth-order valence-corrected chi connectivity index (χ4v) is 5.49. The number of ether oxygens (including phenoxy) is 1.